The lowest BCUT2D eigenvalue weighted by Gasteiger charge is -2.26. The highest BCUT2D eigenvalue weighted by atomic mass is 16.5. The Morgan fingerprint density at radius 3 is 3.22 bits per heavy atom. The summed E-state index contributed by atoms with van der Waals surface area (Å²) in [6, 6.07) is 8.21. The highest BCUT2D eigenvalue weighted by Crippen LogP contribution is 2.30. The topological polar surface area (TPSA) is 36.3 Å². The summed E-state index contributed by atoms with van der Waals surface area (Å²) < 4.78 is 13.3. The van der Waals surface area contributed by atoms with Gasteiger partial charge in [-0.1, -0.05) is 24.3 Å². The molecule has 0 radical (unpaired) electrons. The molecule has 0 aliphatic carbocycles. The van der Waals surface area contributed by atoms with Crippen LogP contribution in [0.15, 0.2) is 36.7 Å². The van der Waals surface area contributed by atoms with Crippen molar-refractivity contribution in [1.82, 2.24) is 9.55 Å². The van der Waals surface area contributed by atoms with Gasteiger partial charge in [0.15, 0.2) is 0 Å². The van der Waals surface area contributed by atoms with Crippen molar-refractivity contribution >= 4 is 0 Å². The van der Waals surface area contributed by atoms with E-state index in [0.29, 0.717) is 6.61 Å². The second-order valence-corrected chi connectivity index (χ2v) is 4.36. The highest BCUT2D eigenvalue weighted by Gasteiger charge is 2.25. The molecule has 0 spiro atoms. The van der Waals surface area contributed by atoms with E-state index in [1.54, 1.807) is 7.11 Å². The molecule has 0 saturated heterocycles. The van der Waals surface area contributed by atoms with E-state index in [9.17, 15) is 0 Å². The number of rotatable bonds is 3. The average molecular weight is 244 g/mol. The number of hydrogen-bond donors (Lipinski definition) is 0. The van der Waals surface area contributed by atoms with Gasteiger partial charge in [-0.3, -0.25) is 0 Å². The molecule has 1 unspecified atom stereocenters. The monoisotopic (exact) mass is 244 g/mol. The van der Waals surface area contributed by atoms with Gasteiger partial charge >= 0.3 is 0 Å². The Hall–Kier alpha value is -1.65. The lowest BCUT2D eigenvalue weighted by atomic mass is 10.0. The fraction of sp³-hybridized carbons (Fsp3) is 0.357. The Morgan fingerprint density at radius 2 is 2.33 bits per heavy atom. The molecule has 1 aromatic carbocycles. The Morgan fingerprint density at radius 1 is 1.44 bits per heavy atom. The van der Waals surface area contributed by atoms with E-state index in [2.05, 4.69) is 21.7 Å². The predicted octanol–water partition coefficient (Wildman–Crippen LogP) is 2.15. The first kappa shape index (κ1) is 11.4. The molecule has 0 amide bonds. The van der Waals surface area contributed by atoms with Gasteiger partial charge in [-0.15, -0.1) is 0 Å². The van der Waals surface area contributed by atoms with E-state index < -0.39 is 0 Å². The van der Waals surface area contributed by atoms with Crippen LogP contribution in [0.2, 0.25) is 0 Å². The number of nitrogens with zero attached hydrogens (tertiary/aromatic N) is 2. The van der Waals surface area contributed by atoms with E-state index in [1.165, 1.54) is 0 Å². The van der Waals surface area contributed by atoms with Crippen LogP contribution < -0.4 is 0 Å². The summed E-state index contributed by atoms with van der Waals surface area (Å²) in [6.07, 6.45) is 3.75. The number of benzene rings is 1. The number of hydrogen-bond acceptors (Lipinski definition) is 3. The standard InChI is InChI=1S/C14H16N2O2/c1-17-10-11-4-2-3-5-12(11)13-14-15-6-7-16(14)8-9-18-13/h2-7,13H,8-10H2,1H3. The fourth-order valence-corrected chi connectivity index (χ4v) is 2.40. The SMILES string of the molecule is COCc1ccccc1C1OCCn2ccnc21. The molecule has 1 aliphatic heterocycles. The van der Waals surface area contributed by atoms with Crippen LogP contribution in [0.25, 0.3) is 0 Å². The van der Waals surface area contributed by atoms with Crippen molar-refractivity contribution in [2.24, 2.45) is 0 Å². The van der Waals surface area contributed by atoms with Gasteiger partial charge in [0.25, 0.3) is 0 Å². The summed E-state index contributed by atoms with van der Waals surface area (Å²) in [4.78, 5) is 4.41. The summed E-state index contributed by atoms with van der Waals surface area (Å²) in [5.74, 6) is 0.977. The third-order valence-corrected chi connectivity index (χ3v) is 3.24. The van der Waals surface area contributed by atoms with Crippen LogP contribution in [0.4, 0.5) is 0 Å². The molecule has 2 aromatic rings. The van der Waals surface area contributed by atoms with Crippen molar-refractivity contribution in [1.29, 1.82) is 0 Å². The molecule has 4 heteroatoms. The average Bonchev–Trinajstić information content (AvgIpc) is 2.88. The van der Waals surface area contributed by atoms with E-state index in [4.69, 9.17) is 9.47 Å². The molecule has 94 valence electrons. The second kappa shape index (κ2) is 4.92. The number of methoxy groups -OCH3 is 1. The molecule has 1 aromatic heterocycles. The maximum Gasteiger partial charge on any atom is 0.142 e. The van der Waals surface area contributed by atoms with Gasteiger partial charge in [0.2, 0.25) is 0 Å². The zero-order valence-corrected chi connectivity index (χ0v) is 10.4. The lowest BCUT2D eigenvalue weighted by Crippen LogP contribution is -2.23. The fourth-order valence-electron chi connectivity index (χ4n) is 2.40. The molecule has 0 saturated carbocycles. The van der Waals surface area contributed by atoms with E-state index in [0.717, 1.165) is 30.1 Å². The Kier molecular flexibility index (Phi) is 3.13. The first-order valence-corrected chi connectivity index (χ1v) is 6.09. The lowest BCUT2D eigenvalue weighted by molar-refractivity contribution is 0.0413. The molecule has 0 fully saturated rings. The molecule has 4 nitrogen and oxygen atoms in total. The van der Waals surface area contributed by atoms with Crippen molar-refractivity contribution in [2.75, 3.05) is 13.7 Å². The van der Waals surface area contributed by atoms with Crippen LogP contribution in [0.5, 0.6) is 0 Å². The number of aromatic nitrogens is 2. The first-order chi connectivity index (χ1) is 8.90. The molecule has 3 rings (SSSR count). The molecule has 0 bridgehead atoms. The van der Waals surface area contributed by atoms with Gasteiger partial charge in [-0.25, -0.2) is 4.98 Å². The zero-order valence-electron chi connectivity index (χ0n) is 10.4. The number of ether oxygens (including phenoxy) is 2. The van der Waals surface area contributed by atoms with E-state index >= 15 is 0 Å². The predicted molar refractivity (Wildman–Crippen MR) is 67.2 cm³/mol. The maximum atomic E-state index is 5.90. The van der Waals surface area contributed by atoms with Crippen molar-refractivity contribution in [3.05, 3.63) is 53.6 Å². The van der Waals surface area contributed by atoms with Gasteiger partial charge in [-0.2, -0.15) is 0 Å². The van der Waals surface area contributed by atoms with E-state index in [1.807, 2.05) is 24.5 Å². The largest absolute Gasteiger partial charge is 0.380 e. The van der Waals surface area contributed by atoms with E-state index in [-0.39, 0.29) is 6.10 Å². The van der Waals surface area contributed by atoms with Crippen LogP contribution in [-0.4, -0.2) is 23.3 Å². The minimum Gasteiger partial charge on any atom is -0.380 e. The third-order valence-electron chi connectivity index (χ3n) is 3.24. The minimum absolute atomic E-state index is 0.0832. The van der Waals surface area contributed by atoms with Gasteiger partial charge in [0, 0.05) is 26.0 Å². The summed E-state index contributed by atoms with van der Waals surface area (Å²) >= 11 is 0. The molecule has 1 atom stereocenters. The zero-order chi connectivity index (χ0) is 12.4. The maximum absolute atomic E-state index is 5.90. The third kappa shape index (κ3) is 1.94. The number of fused-ring (bicyclic) bond motifs is 1. The van der Waals surface area contributed by atoms with Gasteiger partial charge in [-0.05, 0) is 11.1 Å². The van der Waals surface area contributed by atoms with Gasteiger partial charge < -0.3 is 14.0 Å². The van der Waals surface area contributed by atoms with Gasteiger partial charge in [0.05, 0.1) is 13.2 Å². The summed E-state index contributed by atoms with van der Waals surface area (Å²) in [6.45, 7) is 2.18. The molecule has 0 N–H and O–H groups in total. The Labute approximate surface area is 106 Å². The van der Waals surface area contributed by atoms with Crippen molar-refractivity contribution in [3.8, 4) is 0 Å². The normalized spacial score (nSPS) is 18.6. The quantitative estimate of drug-likeness (QED) is 0.830. The van der Waals surface area contributed by atoms with Crippen molar-refractivity contribution in [2.45, 2.75) is 19.3 Å². The van der Waals surface area contributed by atoms with Crippen LogP contribution >= 0.6 is 0 Å². The molecule has 2 heterocycles. The summed E-state index contributed by atoms with van der Waals surface area (Å²) in [7, 11) is 1.71. The second-order valence-electron chi connectivity index (χ2n) is 4.36. The first-order valence-electron chi connectivity index (χ1n) is 6.09. The van der Waals surface area contributed by atoms with Crippen LogP contribution in [0.3, 0.4) is 0 Å². The minimum atomic E-state index is -0.0832. The molecular formula is C14H16N2O2. The Balaban J connectivity index is 2.02. The molecule has 1 aliphatic rings. The number of imidazole rings is 1. The Bertz CT molecular complexity index is 536. The molecular weight excluding hydrogens is 228 g/mol. The van der Waals surface area contributed by atoms with Crippen LogP contribution in [-0.2, 0) is 22.6 Å². The van der Waals surface area contributed by atoms with Crippen LogP contribution in [0, 0.1) is 0 Å². The van der Waals surface area contributed by atoms with Gasteiger partial charge in [0.1, 0.15) is 11.9 Å². The summed E-state index contributed by atoms with van der Waals surface area (Å²) in [5, 5.41) is 0. The smallest absolute Gasteiger partial charge is 0.142 e. The molecule has 18 heavy (non-hydrogen) atoms. The van der Waals surface area contributed by atoms with Crippen LogP contribution in [0.1, 0.15) is 23.1 Å². The summed E-state index contributed by atoms with van der Waals surface area (Å²) in [5.41, 5.74) is 2.30. The van der Waals surface area contributed by atoms with Crippen molar-refractivity contribution < 1.29 is 9.47 Å². The van der Waals surface area contributed by atoms with Crippen molar-refractivity contribution in [3.63, 3.8) is 0 Å². The highest BCUT2D eigenvalue weighted by molar-refractivity contribution is 5.32.